The number of ether oxygens (including phenoxy) is 2. The molecule has 1 aromatic heterocycles. The summed E-state index contributed by atoms with van der Waals surface area (Å²) in [7, 11) is 1.68. The van der Waals surface area contributed by atoms with Crippen molar-refractivity contribution in [1.82, 2.24) is 19.9 Å². The Bertz CT molecular complexity index is 1520. The number of carbonyl (C=O) groups is 1. The number of hydrogen-bond donors (Lipinski definition) is 0. The highest BCUT2D eigenvalue weighted by Gasteiger charge is 2.60. The van der Waals surface area contributed by atoms with Gasteiger partial charge in [-0.15, -0.1) is 5.10 Å². The largest absolute Gasteiger partial charge is 0.497 e. The number of amides is 1. The molecule has 3 aliphatic rings. The van der Waals surface area contributed by atoms with Crippen LogP contribution in [-0.2, 0) is 29.8 Å². The van der Waals surface area contributed by atoms with Gasteiger partial charge in [0, 0.05) is 31.7 Å². The lowest BCUT2D eigenvalue weighted by Gasteiger charge is -2.35. The van der Waals surface area contributed by atoms with Crippen molar-refractivity contribution < 1.29 is 14.3 Å². The van der Waals surface area contributed by atoms with Crippen molar-refractivity contribution >= 4 is 11.6 Å². The summed E-state index contributed by atoms with van der Waals surface area (Å²) in [5, 5.41) is 8.71. The molecule has 1 amide bonds. The number of rotatable bonds is 3. The molecule has 4 aromatic rings. The summed E-state index contributed by atoms with van der Waals surface area (Å²) >= 11 is 0. The van der Waals surface area contributed by atoms with E-state index >= 15 is 0 Å². The van der Waals surface area contributed by atoms with E-state index in [1.54, 1.807) is 7.11 Å². The van der Waals surface area contributed by atoms with Crippen LogP contribution < -0.4 is 14.4 Å². The number of likely N-dealkylation sites (tertiary alicyclic amines) is 1. The lowest BCUT2D eigenvalue weighted by atomic mass is 9.72. The number of aryl methyl sites for hydroxylation is 1. The SMILES string of the molecule is COc1ccc(CN2CC[C@@]34C(=O)N(Cc5cn(nn5)CCCOc5cccc(c5)[C@H]23)c2ccccc24)cc1. The van der Waals surface area contributed by atoms with Gasteiger partial charge in [-0.25, -0.2) is 0 Å². The molecule has 4 heterocycles. The second kappa shape index (κ2) is 9.54. The quantitative estimate of drug-likeness (QED) is 0.395. The predicted molar refractivity (Wildman–Crippen MR) is 147 cm³/mol. The molecule has 198 valence electrons. The second-order valence-electron chi connectivity index (χ2n) is 10.6. The normalized spacial score (nSPS) is 22.4. The monoisotopic (exact) mass is 521 g/mol. The Kier molecular flexibility index (Phi) is 5.85. The number of nitrogens with zero attached hydrogens (tertiary/aromatic N) is 5. The summed E-state index contributed by atoms with van der Waals surface area (Å²) in [6, 6.07) is 24.7. The zero-order valence-electron chi connectivity index (χ0n) is 22.0. The summed E-state index contributed by atoms with van der Waals surface area (Å²) < 4.78 is 13.4. The van der Waals surface area contributed by atoms with E-state index in [0.717, 1.165) is 59.9 Å². The Morgan fingerprint density at radius 2 is 1.92 bits per heavy atom. The van der Waals surface area contributed by atoms with E-state index in [1.165, 1.54) is 5.56 Å². The van der Waals surface area contributed by atoms with Crippen LogP contribution in [0.2, 0.25) is 0 Å². The van der Waals surface area contributed by atoms with E-state index in [-0.39, 0.29) is 11.9 Å². The maximum absolute atomic E-state index is 14.7. The molecule has 0 aliphatic carbocycles. The molecule has 6 bridgehead atoms. The Labute approximate surface area is 227 Å². The first-order valence-electron chi connectivity index (χ1n) is 13.6. The second-order valence-corrected chi connectivity index (χ2v) is 10.6. The average Bonchev–Trinajstić information content (AvgIpc) is 3.64. The minimum atomic E-state index is -0.710. The van der Waals surface area contributed by atoms with Gasteiger partial charge in [-0.1, -0.05) is 47.7 Å². The Balaban J connectivity index is 1.37. The van der Waals surface area contributed by atoms with E-state index in [0.29, 0.717) is 19.7 Å². The summed E-state index contributed by atoms with van der Waals surface area (Å²) in [5.74, 6) is 1.79. The summed E-state index contributed by atoms with van der Waals surface area (Å²) in [5.41, 5.74) is 4.41. The Morgan fingerprint density at radius 1 is 1.05 bits per heavy atom. The van der Waals surface area contributed by atoms with Crippen molar-refractivity contribution in [1.29, 1.82) is 0 Å². The Morgan fingerprint density at radius 3 is 2.79 bits per heavy atom. The van der Waals surface area contributed by atoms with E-state index < -0.39 is 5.41 Å². The fourth-order valence-corrected chi connectivity index (χ4v) is 6.62. The molecule has 1 fully saturated rings. The highest BCUT2D eigenvalue weighted by molar-refractivity contribution is 6.09. The van der Waals surface area contributed by atoms with Gasteiger partial charge in [0.2, 0.25) is 5.91 Å². The molecule has 2 atom stereocenters. The fourth-order valence-electron chi connectivity index (χ4n) is 6.62. The summed E-state index contributed by atoms with van der Waals surface area (Å²) in [4.78, 5) is 19.1. The predicted octanol–water partition coefficient (Wildman–Crippen LogP) is 4.50. The van der Waals surface area contributed by atoms with Gasteiger partial charge >= 0.3 is 0 Å². The highest BCUT2D eigenvalue weighted by atomic mass is 16.5. The number of benzene rings is 3. The number of anilines is 1. The van der Waals surface area contributed by atoms with Crippen LogP contribution in [-0.4, -0.2) is 46.1 Å². The van der Waals surface area contributed by atoms with Crippen LogP contribution in [0.3, 0.4) is 0 Å². The van der Waals surface area contributed by atoms with Gasteiger partial charge < -0.3 is 14.4 Å². The minimum absolute atomic E-state index is 0.127. The van der Waals surface area contributed by atoms with E-state index in [9.17, 15) is 4.79 Å². The molecule has 0 N–H and O–H groups in total. The van der Waals surface area contributed by atoms with Crippen molar-refractivity contribution in [3.05, 3.63) is 101 Å². The number of fused-ring (bicyclic) bond motifs is 8. The summed E-state index contributed by atoms with van der Waals surface area (Å²) in [6.07, 6.45) is 3.50. The minimum Gasteiger partial charge on any atom is -0.497 e. The fraction of sp³-hybridized carbons (Fsp3) is 0.323. The highest BCUT2D eigenvalue weighted by Crippen LogP contribution is 2.57. The molecule has 7 rings (SSSR count). The van der Waals surface area contributed by atoms with E-state index in [1.807, 2.05) is 46.1 Å². The van der Waals surface area contributed by atoms with Gasteiger partial charge in [-0.3, -0.25) is 14.4 Å². The zero-order valence-corrected chi connectivity index (χ0v) is 22.0. The molecule has 39 heavy (non-hydrogen) atoms. The number of methoxy groups -OCH3 is 1. The molecule has 0 unspecified atom stereocenters. The number of hydrogen-bond acceptors (Lipinski definition) is 6. The van der Waals surface area contributed by atoms with Crippen LogP contribution in [0.5, 0.6) is 11.5 Å². The number of para-hydroxylation sites is 1. The van der Waals surface area contributed by atoms with Crippen molar-refractivity contribution in [3.8, 4) is 11.5 Å². The standard InChI is InChI=1S/C31H31N5O3/c1-38-25-12-10-22(11-13-25)19-34-16-14-31-27-8-2-3-9-28(27)36(30(31)37)21-24-20-35(33-32-24)15-5-17-39-26-7-4-6-23(18-26)29(31)34/h2-4,6-13,18,20,29H,5,14-17,19,21H2,1H3/t29-,31-/m0/s1. The first kappa shape index (κ1) is 23.9. The third kappa shape index (κ3) is 3.98. The molecule has 8 nitrogen and oxygen atoms in total. The van der Waals surface area contributed by atoms with E-state index in [4.69, 9.17) is 9.47 Å². The van der Waals surface area contributed by atoms with Crippen molar-refractivity contribution in [2.24, 2.45) is 0 Å². The molecule has 3 aromatic carbocycles. The van der Waals surface area contributed by atoms with Crippen molar-refractivity contribution in [3.63, 3.8) is 0 Å². The van der Waals surface area contributed by atoms with Crippen LogP contribution in [0.25, 0.3) is 0 Å². The molecule has 3 aliphatic heterocycles. The van der Waals surface area contributed by atoms with Crippen LogP contribution in [0.1, 0.15) is 41.3 Å². The number of aromatic nitrogens is 3. The maximum atomic E-state index is 14.7. The molecule has 8 heteroatoms. The van der Waals surface area contributed by atoms with E-state index in [2.05, 4.69) is 57.7 Å². The maximum Gasteiger partial charge on any atom is 0.240 e. The van der Waals surface area contributed by atoms with Crippen molar-refractivity contribution in [2.75, 3.05) is 25.2 Å². The van der Waals surface area contributed by atoms with Crippen LogP contribution in [0.15, 0.2) is 79.0 Å². The molecular weight excluding hydrogens is 490 g/mol. The van der Waals surface area contributed by atoms with Crippen molar-refractivity contribution in [2.45, 2.75) is 43.9 Å². The topological polar surface area (TPSA) is 72.7 Å². The Hall–Kier alpha value is -4.17. The first-order valence-corrected chi connectivity index (χ1v) is 13.6. The van der Waals surface area contributed by atoms with Crippen LogP contribution in [0.4, 0.5) is 5.69 Å². The molecule has 1 saturated heterocycles. The van der Waals surface area contributed by atoms with Crippen LogP contribution >= 0.6 is 0 Å². The van der Waals surface area contributed by atoms with Gasteiger partial charge in [0.05, 0.1) is 37.9 Å². The third-order valence-corrected chi connectivity index (χ3v) is 8.35. The molecule has 0 radical (unpaired) electrons. The smallest absolute Gasteiger partial charge is 0.240 e. The lowest BCUT2D eigenvalue weighted by molar-refractivity contribution is -0.124. The van der Waals surface area contributed by atoms with Gasteiger partial charge in [0.25, 0.3) is 0 Å². The van der Waals surface area contributed by atoms with Gasteiger partial charge in [-0.05, 0) is 53.4 Å². The van der Waals surface area contributed by atoms with Gasteiger partial charge in [-0.2, -0.15) is 0 Å². The third-order valence-electron chi connectivity index (χ3n) is 8.35. The molecule has 0 saturated carbocycles. The van der Waals surface area contributed by atoms with Gasteiger partial charge in [0.15, 0.2) is 0 Å². The average molecular weight is 522 g/mol. The zero-order chi connectivity index (χ0) is 26.4. The van der Waals surface area contributed by atoms with Gasteiger partial charge in [0.1, 0.15) is 17.2 Å². The van der Waals surface area contributed by atoms with Crippen LogP contribution in [0, 0.1) is 0 Å². The summed E-state index contributed by atoms with van der Waals surface area (Å²) in [6.45, 7) is 3.22. The number of carbonyl (C=O) groups excluding carboxylic acids is 1. The lowest BCUT2D eigenvalue weighted by Crippen LogP contribution is -2.44. The molecule has 1 spiro atoms. The first-order chi connectivity index (χ1) is 19.2. The molecular formula is C31H31N5O3.